The van der Waals surface area contributed by atoms with Gasteiger partial charge in [-0.2, -0.15) is 0 Å². The molecule has 0 bridgehead atoms. The maximum atomic E-state index is 12.4. The van der Waals surface area contributed by atoms with Crippen molar-refractivity contribution in [2.45, 2.75) is 5.92 Å². The van der Waals surface area contributed by atoms with Crippen molar-refractivity contribution in [1.82, 2.24) is 0 Å². The van der Waals surface area contributed by atoms with Crippen molar-refractivity contribution >= 4 is 28.4 Å². The van der Waals surface area contributed by atoms with Crippen LogP contribution in [0, 0.1) is 5.92 Å². The molecule has 1 heterocycles. The molecule has 0 fully saturated rings. The summed E-state index contributed by atoms with van der Waals surface area (Å²) in [6.45, 7) is 0.410. The normalized spacial score (nSPS) is 20.0. The molecular formula is C18H19NO4. The Morgan fingerprint density at radius 2 is 1.74 bits per heavy atom. The molecular weight excluding hydrogens is 294 g/mol. The minimum absolute atomic E-state index is 0.397. The standard InChI is InChI=1S/C18H19NO4/c1-19-10-14(17(20)22-2)15(18(21)23-3)13-9-8-11-6-4-5-7-12(11)16(13)19/h4-9,14-15H,10H2,1-3H3. The summed E-state index contributed by atoms with van der Waals surface area (Å²) in [5.74, 6) is -2.04. The third-order valence-corrected chi connectivity index (χ3v) is 4.48. The number of hydrogen-bond acceptors (Lipinski definition) is 5. The van der Waals surface area contributed by atoms with E-state index in [1.165, 1.54) is 14.2 Å². The lowest BCUT2D eigenvalue weighted by atomic mass is 9.80. The van der Waals surface area contributed by atoms with E-state index in [4.69, 9.17) is 9.47 Å². The molecule has 5 heteroatoms. The van der Waals surface area contributed by atoms with E-state index in [1.807, 2.05) is 48.3 Å². The van der Waals surface area contributed by atoms with Crippen LogP contribution in [0.2, 0.25) is 0 Å². The lowest BCUT2D eigenvalue weighted by Gasteiger charge is -2.37. The summed E-state index contributed by atoms with van der Waals surface area (Å²) in [5, 5.41) is 2.16. The van der Waals surface area contributed by atoms with Crippen LogP contribution in [-0.2, 0) is 19.1 Å². The molecule has 0 saturated heterocycles. The van der Waals surface area contributed by atoms with Crippen molar-refractivity contribution in [3.05, 3.63) is 42.0 Å². The number of fused-ring (bicyclic) bond motifs is 3. The first-order valence-corrected chi connectivity index (χ1v) is 7.47. The van der Waals surface area contributed by atoms with Crippen LogP contribution < -0.4 is 4.90 Å². The van der Waals surface area contributed by atoms with Gasteiger partial charge in [-0.25, -0.2) is 0 Å². The molecule has 0 saturated carbocycles. The van der Waals surface area contributed by atoms with Crippen LogP contribution in [0.4, 0.5) is 5.69 Å². The van der Waals surface area contributed by atoms with Crippen LogP contribution >= 0.6 is 0 Å². The van der Waals surface area contributed by atoms with Gasteiger partial charge in [0.15, 0.2) is 0 Å². The third kappa shape index (κ3) is 2.42. The maximum Gasteiger partial charge on any atom is 0.314 e. The SMILES string of the molecule is COC(=O)C1CN(C)c2c(ccc3ccccc23)C1C(=O)OC. The van der Waals surface area contributed by atoms with E-state index in [0.717, 1.165) is 22.0 Å². The number of anilines is 1. The van der Waals surface area contributed by atoms with Gasteiger partial charge in [0.25, 0.3) is 0 Å². The fourth-order valence-electron chi connectivity index (χ4n) is 3.44. The van der Waals surface area contributed by atoms with Gasteiger partial charge in [0.05, 0.1) is 26.1 Å². The van der Waals surface area contributed by atoms with Gasteiger partial charge >= 0.3 is 11.9 Å². The number of carbonyl (C=O) groups is 2. The second-order valence-corrected chi connectivity index (χ2v) is 5.74. The van der Waals surface area contributed by atoms with Crippen molar-refractivity contribution in [3.8, 4) is 0 Å². The average molecular weight is 313 g/mol. The van der Waals surface area contributed by atoms with Gasteiger partial charge in [-0.05, 0) is 10.9 Å². The van der Waals surface area contributed by atoms with Crippen LogP contribution in [0.1, 0.15) is 11.5 Å². The van der Waals surface area contributed by atoms with Crippen LogP contribution in [0.5, 0.6) is 0 Å². The van der Waals surface area contributed by atoms with Gasteiger partial charge in [-0.1, -0.05) is 36.4 Å². The number of nitrogens with zero attached hydrogens (tertiary/aromatic N) is 1. The van der Waals surface area contributed by atoms with Crippen LogP contribution in [0.25, 0.3) is 10.8 Å². The average Bonchev–Trinajstić information content (AvgIpc) is 2.59. The summed E-state index contributed by atoms with van der Waals surface area (Å²) in [5.41, 5.74) is 1.78. The van der Waals surface area contributed by atoms with E-state index in [-0.39, 0.29) is 0 Å². The minimum atomic E-state index is -0.650. The van der Waals surface area contributed by atoms with Crippen molar-refractivity contribution < 1.29 is 19.1 Å². The molecule has 1 aliphatic heterocycles. The summed E-state index contributed by atoms with van der Waals surface area (Å²) in [4.78, 5) is 26.5. The Hall–Kier alpha value is -2.56. The number of benzene rings is 2. The Labute approximate surface area is 134 Å². The summed E-state index contributed by atoms with van der Waals surface area (Å²) in [6, 6.07) is 11.9. The van der Waals surface area contributed by atoms with Gasteiger partial charge in [0.2, 0.25) is 0 Å². The predicted octanol–water partition coefficient (Wildman–Crippen LogP) is 2.34. The molecule has 3 rings (SSSR count). The topological polar surface area (TPSA) is 55.8 Å². The molecule has 5 nitrogen and oxygen atoms in total. The smallest absolute Gasteiger partial charge is 0.314 e. The summed E-state index contributed by atoms with van der Waals surface area (Å²) in [6.07, 6.45) is 0. The van der Waals surface area contributed by atoms with Crippen molar-refractivity contribution in [2.75, 3.05) is 32.7 Å². The first-order chi connectivity index (χ1) is 11.1. The van der Waals surface area contributed by atoms with Crippen LogP contribution in [0.3, 0.4) is 0 Å². The molecule has 0 N–H and O–H groups in total. The number of carbonyl (C=O) groups excluding carboxylic acids is 2. The highest BCUT2D eigenvalue weighted by Crippen LogP contribution is 2.43. The third-order valence-electron chi connectivity index (χ3n) is 4.48. The van der Waals surface area contributed by atoms with Crippen molar-refractivity contribution in [1.29, 1.82) is 0 Å². The molecule has 1 aliphatic rings. The fraction of sp³-hybridized carbons (Fsp3) is 0.333. The molecule has 120 valence electrons. The molecule has 0 amide bonds. The first kappa shape index (κ1) is 15.3. The van der Waals surface area contributed by atoms with Crippen LogP contribution in [0.15, 0.2) is 36.4 Å². The molecule has 0 radical (unpaired) electrons. The number of rotatable bonds is 2. The van der Waals surface area contributed by atoms with Gasteiger partial charge in [0, 0.05) is 24.7 Å². The second-order valence-electron chi connectivity index (χ2n) is 5.74. The molecule has 0 aliphatic carbocycles. The molecule has 23 heavy (non-hydrogen) atoms. The highest BCUT2D eigenvalue weighted by Gasteiger charge is 2.43. The van der Waals surface area contributed by atoms with Crippen molar-refractivity contribution in [3.63, 3.8) is 0 Å². The van der Waals surface area contributed by atoms with E-state index < -0.39 is 23.8 Å². The fourth-order valence-corrected chi connectivity index (χ4v) is 3.44. The monoisotopic (exact) mass is 313 g/mol. The van der Waals surface area contributed by atoms with E-state index in [1.54, 1.807) is 0 Å². The molecule has 0 spiro atoms. The predicted molar refractivity (Wildman–Crippen MR) is 87.5 cm³/mol. The lowest BCUT2D eigenvalue weighted by molar-refractivity contribution is -0.153. The minimum Gasteiger partial charge on any atom is -0.469 e. The molecule has 0 aromatic heterocycles. The lowest BCUT2D eigenvalue weighted by Crippen LogP contribution is -2.43. The van der Waals surface area contributed by atoms with E-state index in [0.29, 0.717) is 6.54 Å². The zero-order valence-electron chi connectivity index (χ0n) is 13.4. The highest BCUT2D eigenvalue weighted by atomic mass is 16.5. The summed E-state index contributed by atoms with van der Waals surface area (Å²) >= 11 is 0. The quantitative estimate of drug-likeness (QED) is 0.797. The number of hydrogen-bond donors (Lipinski definition) is 0. The number of ether oxygens (including phenoxy) is 2. The number of methoxy groups -OCH3 is 2. The van der Waals surface area contributed by atoms with Gasteiger partial charge in [-0.3, -0.25) is 9.59 Å². The van der Waals surface area contributed by atoms with Gasteiger partial charge in [-0.15, -0.1) is 0 Å². The maximum absolute atomic E-state index is 12.4. The van der Waals surface area contributed by atoms with Crippen molar-refractivity contribution in [2.24, 2.45) is 5.92 Å². The second kappa shape index (κ2) is 5.91. The molecule has 2 atom stereocenters. The molecule has 2 unspecified atom stereocenters. The molecule has 2 aromatic carbocycles. The first-order valence-electron chi connectivity index (χ1n) is 7.47. The van der Waals surface area contributed by atoms with Crippen LogP contribution in [-0.4, -0.2) is 39.8 Å². The Morgan fingerprint density at radius 1 is 1.04 bits per heavy atom. The summed E-state index contributed by atoms with van der Waals surface area (Å²) < 4.78 is 9.85. The zero-order chi connectivity index (χ0) is 16.6. The van der Waals surface area contributed by atoms with Gasteiger partial charge in [0.1, 0.15) is 0 Å². The highest BCUT2D eigenvalue weighted by molar-refractivity contribution is 6.00. The zero-order valence-corrected chi connectivity index (χ0v) is 13.4. The molecule has 2 aromatic rings. The Kier molecular flexibility index (Phi) is 3.94. The Balaban J connectivity index is 2.23. The van der Waals surface area contributed by atoms with E-state index >= 15 is 0 Å². The Morgan fingerprint density at radius 3 is 2.43 bits per heavy atom. The van der Waals surface area contributed by atoms with E-state index in [9.17, 15) is 9.59 Å². The number of esters is 2. The summed E-state index contributed by atoms with van der Waals surface area (Å²) in [7, 11) is 4.61. The van der Waals surface area contributed by atoms with Gasteiger partial charge < -0.3 is 14.4 Å². The Bertz CT molecular complexity index is 771. The van der Waals surface area contributed by atoms with E-state index in [2.05, 4.69) is 0 Å². The largest absolute Gasteiger partial charge is 0.469 e.